The molecule has 1 aromatic rings. The number of likely N-dealkylation sites (tertiary alicyclic amines) is 1. The number of unbranched alkanes of at least 4 members (excludes halogenated alkanes) is 1. The van der Waals surface area contributed by atoms with Gasteiger partial charge in [-0.25, -0.2) is 0 Å². The summed E-state index contributed by atoms with van der Waals surface area (Å²) in [5.41, 5.74) is 0.675. The molecule has 152 valence electrons. The predicted octanol–water partition coefficient (Wildman–Crippen LogP) is 3.90. The Morgan fingerprint density at radius 1 is 1.19 bits per heavy atom. The molecule has 2 fully saturated rings. The molecular weight excluding hydrogens is 364 g/mol. The van der Waals surface area contributed by atoms with Crippen molar-refractivity contribution in [2.75, 3.05) is 33.4 Å². The van der Waals surface area contributed by atoms with E-state index in [9.17, 15) is 4.79 Å². The van der Waals surface area contributed by atoms with Crippen molar-refractivity contribution in [3.63, 3.8) is 0 Å². The van der Waals surface area contributed by atoms with Crippen LogP contribution in [-0.2, 0) is 0 Å². The smallest absolute Gasteiger partial charge is 0.253 e. The van der Waals surface area contributed by atoms with Crippen molar-refractivity contribution in [3.05, 3.63) is 23.8 Å². The fourth-order valence-electron chi connectivity index (χ4n) is 3.37. The van der Waals surface area contributed by atoms with Crippen LogP contribution in [0.3, 0.4) is 0 Å². The summed E-state index contributed by atoms with van der Waals surface area (Å²) in [6.07, 6.45) is 6.92. The molecule has 0 atom stereocenters. The third-order valence-corrected chi connectivity index (χ3v) is 5.34. The van der Waals surface area contributed by atoms with Crippen LogP contribution in [0.25, 0.3) is 0 Å². The molecule has 0 aromatic heterocycles. The van der Waals surface area contributed by atoms with Crippen LogP contribution < -0.4 is 14.8 Å². The van der Waals surface area contributed by atoms with E-state index in [0.29, 0.717) is 29.7 Å². The average Bonchev–Trinajstić information content (AvgIpc) is 3.51. The number of hydrogen-bond donors (Lipinski definition) is 1. The number of nitrogens with one attached hydrogen (secondary N) is 1. The van der Waals surface area contributed by atoms with Gasteiger partial charge in [-0.2, -0.15) is 0 Å². The largest absolute Gasteiger partial charge is 0.493 e. The molecule has 2 aliphatic rings. The Labute approximate surface area is 169 Å². The Morgan fingerprint density at radius 2 is 1.93 bits per heavy atom. The van der Waals surface area contributed by atoms with E-state index in [4.69, 9.17) is 9.47 Å². The van der Waals surface area contributed by atoms with Crippen LogP contribution in [0.2, 0.25) is 0 Å². The van der Waals surface area contributed by atoms with Crippen LogP contribution in [0, 0.1) is 5.92 Å². The molecule has 1 aromatic carbocycles. The SMILES string of the molecule is CCCCOc1ccc(C(=O)N2CCC(NCC3CC3)CC2)cc1OC.Cl. The first-order chi connectivity index (χ1) is 12.7. The van der Waals surface area contributed by atoms with E-state index in [1.165, 1.54) is 12.8 Å². The minimum Gasteiger partial charge on any atom is -0.493 e. The molecule has 1 saturated carbocycles. The summed E-state index contributed by atoms with van der Waals surface area (Å²) in [7, 11) is 1.62. The van der Waals surface area contributed by atoms with Crippen molar-refractivity contribution in [2.45, 2.75) is 51.5 Å². The van der Waals surface area contributed by atoms with Gasteiger partial charge in [-0.15, -0.1) is 12.4 Å². The van der Waals surface area contributed by atoms with Gasteiger partial charge in [-0.3, -0.25) is 4.79 Å². The third-order valence-electron chi connectivity index (χ3n) is 5.34. The van der Waals surface area contributed by atoms with E-state index < -0.39 is 0 Å². The zero-order valence-electron chi connectivity index (χ0n) is 16.5. The molecule has 27 heavy (non-hydrogen) atoms. The molecule has 5 nitrogen and oxygen atoms in total. The quantitative estimate of drug-likeness (QED) is 0.643. The van der Waals surface area contributed by atoms with Crippen LogP contribution >= 0.6 is 12.4 Å². The summed E-state index contributed by atoms with van der Waals surface area (Å²) in [5.74, 6) is 2.33. The molecule has 1 aliphatic heterocycles. The summed E-state index contributed by atoms with van der Waals surface area (Å²) in [6.45, 7) is 5.58. The number of rotatable bonds is 9. The number of hydrogen-bond acceptors (Lipinski definition) is 4. The fourth-order valence-corrected chi connectivity index (χ4v) is 3.37. The maximum Gasteiger partial charge on any atom is 0.253 e. The van der Waals surface area contributed by atoms with E-state index in [1.54, 1.807) is 13.2 Å². The normalized spacial score (nSPS) is 17.3. The Bertz CT molecular complexity index is 599. The van der Waals surface area contributed by atoms with Crippen LogP contribution in [0.15, 0.2) is 18.2 Å². The second-order valence-corrected chi connectivity index (χ2v) is 7.49. The fraction of sp³-hybridized carbons (Fsp3) is 0.667. The molecule has 3 rings (SSSR count). The summed E-state index contributed by atoms with van der Waals surface area (Å²) in [4.78, 5) is 14.8. The molecular formula is C21H33ClN2O3. The zero-order valence-corrected chi connectivity index (χ0v) is 17.4. The summed E-state index contributed by atoms with van der Waals surface area (Å²) >= 11 is 0. The summed E-state index contributed by atoms with van der Waals surface area (Å²) < 4.78 is 11.2. The molecule has 1 saturated heterocycles. The average molecular weight is 397 g/mol. The van der Waals surface area contributed by atoms with Gasteiger partial charge in [-0.05, 0) is 62.8 Å². The Morgan fingerprint density at radius 3 is 2.56 bits per heavy atom. The lowest BCUT2D eigenvalue weighted by atomic mass is 10.0. The maximum absolute atomic E-state index is 12.8. The molecule has 1 amide bonds. The van der Waals surface area contributed by atoms with Crippen molar-refractivity contribution in [1.82, 2.24) is 10.2 Å². The van der Waals surface area contributed by atoms with E-state index in [2.05, 4.69) is 12.2 Å². The molecule has 0 radical (unpaired) electrons. The number of nitrogens with zero attached hydrogens (tertiary/aromatic N) is 1. The van der Waals surface area contributed by atoms with Crippen molar-refractivity contribution in [2.24, 2.45) is 5.92 Å². The van der Waals surface area contributed by atoms with Gasteiger partial charge in [0, 0.05) is 24.7 Å². The maximum atomic E-state index is 12.8. The van der Waals surface area contributed by atoms with Gasteiger partial charge in [0.15, 0.2) is 11.5 Å². The van der Waals surface area contributed by atoms with Crippen molar-refractivity contribution >= 4 is 18.3 Å². The molecule has 0 unspecified atom stereocenters. The Balaban J connectivity index is 0.00000261. The standard InChI is InChI=1S/C21H32N2O3.ClH/c1-3-4-13-26-19-8-7-17(14-20(19)25-2)21(24)23-11-9-18(10-12-23)22-15-16-5-6-16;/h7-8,14,16,18,22H,3-6,9-13,15H2,1-2H3;1H. The molecule has 1 N–H and O–H groups in total. The Kier molecular flexibility index (Phi) is 8.71. The van der Waals surface area contributed by atoms with Gasteiger partial charge in [0.1, 0.15) is 0 Å². The lowest BCUT2D eigenvalue weighted by molar-refractivity contribution is 0.0704. The first-order valence-corrected chi connectivity index (χ1v) is 10.0. The minimum atomic E-state index is 0. The zero-order chi connectivity index (χ0) is 18.4. The number of ether oxygens (including phenoxy) is 2. The van der Waals surface area contributed by atoms with E-state index >= 15 is 0 Å². The number of halogens is 1. The highest BCUT2D eigenvalue weighted by Crippen LogP contribution is 2.30. The highest BCUT2D eigenvalue weighted by Gasteiger charge is 2.26. The topological polar surface area (TPSA) is 50.8 Å². The number of amides is 1. The lowest BCUT2D eigenvalue weighted by Gasteiger charge is -2.32. The van der Waals surface area contributed by atoms with E-state index in [1.807, 2.05) is 17.0 Å². The molecule has 1 heterocycles. The monoisotopic (exact) mass is 396 g/mol. The number of methoxy groups -OCH3 is 1. The summed E-state index contributed by atoms with van der Waals surface area (Å²) in [6, 6.07) is 6.07. The van der Waals surface area contributed by atoms with Crippen LogP contribution in [0.1, 0.15) is 55.8 Å². The second-order valence-electron chi connectivity index (χ2n) is 7.49. The van der Waals surface area contributed by atoms with Crippen LogP contribution in [0.4, 0.5) is 0 Å². The molecule has 0 bridgehead atoms. The highest BCUT2D eigenvalue weighted by molar-refractivity contribution is 5.95. The van der Waals surface area contributed by atoms with Crippen molar-refractivity contribution < 1.29 is 14.3 Å². The van der Waals surface area contributed by atoms with Gasteiger partial charge < -0.3 is 19.7 Å². The first-order valence-electron chi connectivity index (χ1n) is 10.0. The van der Waals surface area contributed by atoms with Gasteiger partial charge in [0.05, 0.1) is 13.7 Å². The van der Waals surface area contributed by atoms with Crippen LogP contribution in [-0.4, -0.2) is 50.2 Å². The predicted molar refractivity (Wildman–Crippen MR) is 110 cm³/mol. The van der Waals surface area contributed by atoms with Crippen molar-refractivity contribution in [3.8, 4) is 11.5 Å². The summed E-state index contributed by atoms with van der Waals surface area (Å²) in [5, 5.41) is 3.66. The minimum absolute atomic E-state index is 0. The number of carbonyl (C=O) groups excluding carboxylic acids is 1. The number of carbonyl (C=O) groups is 1. The number of piperidine rings is 1. The van der Waals surface area contributed by atoms with Gasteiger partial charge >= 0.3 is 0 Å². The lowest BCUT2D eigenvalue weighted by Crippen LogP contribution is -2.45. The van der Waals surface area contributed by atoms with Gasteiger partial charge in [-0.1, -0.05) is 13.3 Å². The third kappa shape index (κ3) is 6.28. The second kappa shape index (κ2) is 10.8. The van der Waals surface area contributed by atoms with Crippen molar-refractivity contribution in [1.29, 1.82) is 0 Å². The van der Waals surface area contributed by atoms with Gasteiger partial charge in [0.2, 0.25) is 0 Å². The molecule has 0 spiro atoms. The van der Waals surface area contributed by atoms with Crippen LogP contribution in [0.5, 0.6) is 11.5 Å². The van der Waals surface area contributed by atoms with E-state index in [0.717, 1.165) is 51.2 Å². The number of benzene rings is 1. The Hall–Kier alpha value is -1.46. The first kappa shape index (κ1) is 21.8. The highest BCUT2D eigenvalue weighted by atomic mass is 35.5. The molecule has 6 heteroatoms. The van der Waals surface area contributed by atoms with E-state index in [-0.39, 0.29) is 18.3 Å². The van der Waals surface area contributed by atoms with Gasteiger partial charge in [0.25, 0.3) is 5.91 Å². The molecule has 1 aliphatic carbocycles.